The number of likely N-dealkylation sites (N-methyl/N-ethyl adjacent to an activating group) is 1. The van der Waals surface area contributed by atoms with Gasteiger partial charge in [-0.15, -0.1) is 0 Å². The Labute approximate surface area is 141 Å². The zero-order valence-electron chi connectivity index (χ0n) is 14.2. The second kappa shape index (κ2) is 8.31. The van der Waals surface area contributed by atoms with Crippen LogP contribution in [-0.2, 0) is 0 Å². The van der Waals surface area contributed by atoms with Gasteiger partial charge in [-0.2, -0.15) is 0 Å². The molecule has 0 saturated carbocycles. The SMILES string of the molecule is CCN[C@H](C)CNC(=O)c1ccccc1N(C)C(=O)c1ccco1. The lowest BCUT2D eigenvalue weighted by molar-refractivity contribution is 0.0950. The fraction of sp³-hybridized carbons (Fsp3) is 0.333. The van der Waals surface area contributed by atoms with Gasteiger partial charge in [-0.1, -0.05) is 19.1 Å². The average Bonchev–Trinajstić information content (AvgIpc) is 3.13. The van der Waals surface area contributed by atoms with Gasteiger partial charge >= 0.3 is 0 Å². The van der Waals surface area contributed by atoms with Crippen LogP contribution in [0.3, 0.4) is 0 Å². The third-order valence-corrected chi connectivity index (χ3v) is 3.67. The van der Waals surface area contributed by atoms with Crippen molar-refractivity contribution < 1.29 is 14.0 Å². The Bertz CT molecular complexity index is 683. The van der Waals surface area contributed by atoms with Gasteiger partial charge in [0, 0.05) is 19.6 Å². The van der Waals surface area contributed by atoms with E-state index in [1.165, 1.54) is 11.2 Å². The van der Waals surface area contributed by atoms with Gasteiger partial charge in [-0.25, -0.2) is 0 Å². The van der Waals surface area contributed by atoms with Crippen LogP contribution in [-0.4, -0.2) is 38.0 Å². The maximum Gasteiger partial charge on any atom is 0.293 e. The quantitative estimate of drug-likeness (QED) is 0.817. The first-order chi connectivity index (χ1) is 11.5. The zero-order chi connectivity index (χ0) is 17.5. The molecule has 2 amide bonds. The van der Waals surface area contributed by atoms with Crippen molar-refractivity contribution in [3.8, 4) is 0 Å². The monoisotopic (exact) mass is 329 g/mol. The predicted octanol–water partition coefficient (Wildman–Crippen LogP) is 2.28. The predicted molar refractivity (Wildman–Crippen MR) is 93.4 cm³/mol. The first-order valence-corrected chi connectivity index (χ1v) is 7.96. The number of rotatable bonds is 7. The molecule has 2 aromatic rings. The van der Waals surface area contributed by atoms with Gasteiger partial charge < -0.3 is 20.0 Å². The fourth-order valence-corrected chi connectivity index (χ4v) is 2.39. The second-order valence-electron chi connectivity index (χ2n) is 5.53. The van der Waals surface area contributed by atoms with Crippen molar-refractivity contribution in [3.05, 3.63) is 54.0 Å². The molecule has 0 unspecified atom stereocenters. The van der Waals surface area contributed by atoms with Crippen LogP contribution in [0, 0.1) is 0 Å². The van der Waals surface area contributed by atoms with E-state index in [1.54, 1.807) is 43.4 Å². The van der Waals surface area contributed by atoms with Gasteiger partial charge in [0.15, 0.2) is 5.76 Å². The summed E-state index contributed by atoms with van der Waals surface area (Å²) in [6.07, 6.45) is 1.45. The third-order valence-electron chi connectivity index (χ3n) is 3.67. The van der Waals surface area contributed by atoms with Crippen LogP contribution in [0.5, 0.6) is 0 Å². The number of nitrogens with zero attached hydrogens (tertiary/aromatic N) is 1. The van der Waals surface area contributed by atoms with Crippen LogP contribution < -0.4 is 15.5 Å². The summed E-state index contributed by atoms with van der Waals surface area (Å²) in [6, 6.07) is 10.4. The van der Waals surface area contributed by atoms with Crippen LogP contribution in [0.25, 0.3) is 0 Å². The lowest BCUT2D eigenvalue weighted by Gasteiger charge is -2.20. The van der Waals surface area contributed by atoms with E-state index in [9.17, 15) is 9.59 Å². The van der Waals surface area contributed by atoms with Gasteiger partial charge in [0.05, 0.1) is 17.5 Å². The highest BCUT2D eigenvalue weighted by Gasteiger charge is 2.21. The Hall–Kier alpha value is -2.60. The van der Waals surface area contributed by atoms with Crippen molar-refractivity contribution >= 4 is 17.5 Å². The van der Waals surface area contributed by atoms with E-state index in [0.717, 1.165) is 6.54 Å². The number of nitrogens with one attached hydrogen (secondary N) is 2. The van der Waals surface area contributed by atoms with Gasteiger partial charge in [0.25, 0.3) is 11.8 Å². The number of para-hydroxylation sites is 1. The Balaban J connectivity index is 2.14. The summed E-state index contributed by atoms with van der Waals surface area (Å²) >= 11 is 0. The molecule has 0 saturated heterocycles. The summed E-state index contributed by atoms with van der Waals surface area (Å²) < 4.78 is 5.14. The van der Waals surface area contributed by atoms with E-state index in [0.29, 0.717) is 17.8 Å². The molecule has 0 aliphatic rings. The van der Waals surface area contributed by atoms with E-state index in [2.05, 4.69) is 10.6 Å². The first kappa shape index (κ1) is 17.7. The minimum Gasteiger partial charge on any atom is -0.459 e. The van der Waals surface area contributed by atoms with E-state index >= 15 is 0 Å². The molecule has 0 bridgehead atoms. The smallest absolute Gasteiger partial charge is 0.293 e. The van der Waals surface area contributed by atoms with E-state index in [-0.39, 0.29) is 23.6 Å². The van der Waals surface area contributed by atoms with E-state index < -0.39 is 0 Å². The number of amides is 2. The maximum absolute atomic E-state index is 12.5. The molecule has 0 fully saturated rings. The van der Waals surface area contributed by atoms with Crippen LogP contribution in [0.4, 0.5) is 5.69 Å². The van der Waals surface area contributed by atoms with Crippen LogP contribution in [0.1, 0.15) is 34.8 Å². The number of hydrogen-bond acceptors (Lipinski definition) is 4. The van der Waals surface area contributed by atoms with Crippen molar-refractivity contribution in [2.24, 2.45) is 0 Å². The molecular formula is C18H23N3O3. The van der Waals surface area contributed by atoms with Crippen molar-refractivity contribution in [2.75, 3.05) is 25.0 Å². The molecule has 128 valence electrons. The molecule has 1 atom stereocenters. The Morgan fingerprint density at radius 1 is 1.21 bits per heavy atom. The van der Waals surface area contributed by atoms with E-state index in [4.69, 9.17) is 4.42 Å². The number of carbonyl (C=O) groups is 2. The van der Waals surface area contributed by atoms with Crippen molar-refractivity contribution in [2.45, 2.75) is 19.9 Å². The Morgan fingerprint density at radius 3 is 2.62 bits per heavy atom. The second-order valence-corrected chi connectivity index (χ2v) is 5.53. The van der Waals surface area contributed by atoms with Crippen molar-refractivity contribution in [1.82, 2.24) is 10.6 Å². The molecule has 0 aliphatic heterocycles. The normalized spacial score (nSPS) is 11.8. The molecule has 2 rings (SSSR count). The maximum atomic E-state index is 12.5. The molecular weight excluding hydrogens is 306 g/mol. The zero-order valence-corrected chi connectivity index (χ0v) is 14.2. The number of carbonyl (C=O) groups excluding carboxylic acids is 2. The number of anilines is 1. The van der Waals surface area contributed by atoms with Crippen LogP contribution in [0.15, 0.2) is 47.1 Å². The lowest BCUT2D eigenvalue weighted by Crippen LogP contribution is -2.39. The summed E-state index contributed by atoms with van der Waals surface area (Å²) in [7, 11) is 1.62. The molecule has 1 heterocycles. The molecule has 1 aromatic carbocycles. The van der Waals surface area contributed by atoms with Crippen molar-refractivity contribution in [1.29, 1.82) is 0 Å². The molecule has 6 heteroatoms. The Kier molecular flexibility index (Phi) is 6.14. The van der Waals surface area contributed by atoms with Crippen LogP contribution >= 0.6 is 0 Å². The summed E-state index contributed by atoms with van der Waals surface area (Å²) in [6.45, 7) is 5.37. The highest BCUT2D eigenvalue weighted by Crippen LogP contribution is 2.21. The summed E-state index contributed by atoms with van der Waals surface area (Å²) in [4.78, 5) is 26.3. The molecule has 2 N–H and O–H groups in total. The molecule has 0 radical (unpaired) electrons. The van der Waals surface area contributed by atoms with Gasteiger partial charge in [0.2, 0.25) is 0 Å². The minimum absolute atomic E-state index is 0.175. The Morgan fingerprint density at radius 2 is 1.96 bits per heavy atom. The van der Waals surface area contributed by atoms with Gasteiger partial charge in [-0.3, -0.25) is 9.59 Å². The molecule has 24 heavy (non-hydrogen) atoms. The summed E-state index contributed by atoms with van der Waals surface area (Å²) in [5, 5.41) is 6.12. The fourth-order valence-electron chi connectivity index (χ4n) is 2.39. The van der Waals surface area contributed by atoms with Gasteiger partial charge in [-0.05, 0) is 37.7 Å². The highest BCUT2D eigenvalue weighted by molar-refractivity contribution is 6.09. The minimum atomic E-state index is -0.304. The van der Waals surface area contributed by atoms with Crippen LogP contribution in [0.2, 0.25) is 0 Å². The third kappa shape index (κ3) is 4.23. The largest absolute Gasteiger partial charge is 0.459 e. The standard InChI is InChI=1S/C18H23N3O3/c1-4-19-13(2)12-20-17(22)14-8-5-6-9-15(14)21(3)18(23)16-10-7-11-24-16/h5-11,13,19H,4,12H2,1-3H3,(H,20,22)/t13-/m1/s1. The molecule has 1 aromatic heterocycles. The summed E-state index contributed by atoms with van der Waals surface area (Å²) in [5.74, 6) is -0.288. The lowest BCUT2D eigenvalue weighted by atomic mass is 10.1. The highest BCUT2D eigenvalue weighted by atomic mass is 16.3. The van der Waals surface area contributed by atoms with Gasteiger partial charge in [0.1, 0.15) is 0 Å². The van der Waals surface area contributed by atoms with E-state index in [1.807, 2.05) is 13.8 Å². The molecule has 0 spiro atoms. The number of hydrogen-bond donors (Lipinski definition) is 2. The molecule has 0 aliphatic carbocycles. The first-order valence-electron chi connectivity index (χ1n) is 7.96. The van der Waals surface area contributed by atoms with Crippen molar-refractivity contribution in [3.63, 3.8) is 0 Å². The summed E-state index contributed by atoms with van der Waals surface area (Å²) in [5.41, 5.74) is 0.983. The molecule has 6 nitrogen and oxygen atoms in total. The number of benzene rings is 1. The number of furan rings is 1. The topological polar surface area (TPSA) is 74.6 Å². The average molecular weight is 329 g/mol.